The number of fused-ring (bicyclic) bond motifs is 3. The average Bonchev–Trinajstić information content (AvgIpc) is 3.13. The summed E-state index contributed by atoms with van der Waals surface area (Å²) in [6.07, 6.45) is 3.54. The summed E-state index contributed by atoms with van der Waals surface area (Å²) in [4.78, 5) is 54.7. The Hall–Kier alpha value is -4.13. The molecular weight excluding hydrogens is 461 g/mol. The van der Waals surface area contributed by atoms with E-state index in [1.165, 1.54) is 23.1 Å². The van der Waals surface area contributed by atoms with Crippen LogP contribution in [-0.4, -0.2) is 28.5 Å². The van der Waals surface area contributed by atoms with Crippen LogP contribution in [0.3, 0.4) is 0 Å². The molecule has 180 valence electrons. The summed E-state index contributed by atoms with van der Waals surface area (Å²) in [5.74, 6) is -5.48. The van der Waals surface area contributed by atoms with E-state index >= 15 is 0 Å². The first-order valence-electron chi connectivity index (χ1n) is 11.9. The highest BCUT2D eigenvalue weighted by Crippen LogP contribution is 2.56. The fourth-order valence-corrected chi connectivity index (χ4v) is 6.31. The van der Waals surface area contributed by atoms with Gasteiger partial charge in [0.25, 0.3) is 0 Å². The number of aromatic hydroxyl groups is 1. The lowest BCUT2D eigenvalue weighted by Crippen LogP contribution is -2.39. The molecule has 3 aliphatic carbocycles. The van der Waals surface area contributed by atoms with Crippen LogP contribution in [0.4, 0.5) is 10.1 Å². The minimum Gasteiger partial charge on any atom is -0.505 e. The number of ketones is 2. The molecule has 0 saturated carbocycles. The zero-order chi connectivity index (χ0) is 25.3. The van der Waals surface area contributed by atoms with E-state index in [0.29, 0.717) is 11.3 Å². The molecule has 4 atom stereocenters. The third kappa shape index (κ3) is 3.02. The molecule has 6 rings (SSSR count). The molecule has 1 aliphatic heterocycles. The van der Waals surface area contributed by atoms with Crippen molar-refractivity contribution in [3.8, 4) is 5.75 Å². The molecule has 0 bridgehead atoms. The van der Waals surface area contributed by atoms with Crippen LogP contribution in [0.2, 0.25) is 0 Å². The number of imide groups is 1. The number of hydrogen-bond donors (Lipinski definition) is 1. The van der Waals surface area contributed by atoms with Gasteiger partial charge >= 0.3 is 0 Å². The Kier molecular flexibility index (Phi) is 4.93. The van der Waals surface area contributed by atoms with Crippen LogP contribution in [0.5, 0.6) is 5.75 Å². The summed E-state index contributed by atoms with van der Waals surface area (Å²) in [6, 6.07) is 12.8. The van der Waals surface area contributed by atoms with Gasteiger partial charge in [0.1, 0.15) is 0 Å². The van der Waals surface area contributed by atoms with Crippen LogP contribution in [0.1, 0.15) is 31.2 Å². The summed E-state index contributed by atoms with van der Waals surface area (Å²) < 4.78 is 14.4. The molecule has 6 nitrogen and oxygen atoms in total. The number of rotatable bonds is 2. The van der Waals surface area contributed by atoms with Gasteiger partial charge in [-0.05, 0) is 50.0 Å². The zero-order valence-electron chi connectivity index (χ0n) is 19.4. The smallest absolute Gasteiger partial charge is 0.238 e. The zero-order valence-corrected chi connectivity index (χ0v) is 19.4. The molecule has 36 heavy (non-hydrogen) atoms. The van der Waals surface area contributed by atoms with E-state index in [1.54, 1.807) is 37.3 Å². The molecule has 1 fully saturated rings. The fourth-order valence-electron chi connectivity index (χ4n) is 6.31. The van der Waals surface area contributed by atoms with Crippen molar-refractivity contribution in [2.45, 2.75) is 25.7 Å². The third-order valence-corrected chi connectivity index (χ3v) is 7.91. The van der Waals surface area contributed by atoms with Crippen molar-refractivity contribution in [2.24, 2.45) is 17.8 Å². The van der Waals surface area contributed by atoms with Crippen molar-refractivity contribution in [1.29, 1.82) is 0 Å². The van der Waals surface area contributed by atoms with Crippen LogP contribution in [-0.2, 0) is 19.2 Å². The lowest BCUT2D eigenvalue weighted by molar-refractivity contribution is -0.123. The van der Waals surface area contributed by atoms with E-state index in [-0.39, 0.29) is 58.5 Å². The van der Waals surface area contributed by atoms with E-state index in [1.807, 2.05) is 6.08 Å². The number of anilines is 1. The topological polar surface area (TPSA) is 91.8 Å². The number of halogens is 1. The Morgan fingerprint density at radius 2 is 1.69 bits per heavy atom. The van der Waals surface area contributed by atoms with Crippen molar-refractivity contribution in [2.75, 3.05) is 4.90 Å². The number of para-hydroxylation sites is 2. The standard InChI is InChI=1S/C29H22FNO5/c1-14-12-22(32)20-13-19-16(23(25(20)26(14)33)17-8-5-9-21(30)27(17)34)10-11-18-24(19)29(36)31(28(18)35)15-6-3-2-4-7-15/h2-10,12,18-19,23-24,34H,11,13H2,1H3/t18-,19+,23+,24-/m0/s1. The van der Waals surface area contributed by atoms with Gasteiger partial charge < -0.3 is 5.11 Å². The molecule has 4 aliphatic rings. The predicted octanol–water partition coefficient (Wildman–Crippen LogP) is 4.17. The number of amides is 2. The van der Waals surface area contributed by atoms with Gasteiger partial charge in [0, 0.05) is 28.2 Å². The lowest BCUT2D eigenvalue weighted by Gasteiger charge is -2.42. The number of phenolic OH excluding ortho intramolecular Hbond substituents is 1. The molecule has 1 N–H and O–H groups in total. The molecule has 0 unspecified atom stereocenters. The minimum atomic E-state index is -0.885. The fraction of sp³-hybridized carbons (Fsp3) is 0.241. The average molecular weight is 483 g/mol. The van der Waals surface area contributed by atoms with Crippen molar-refractivity contribution in [3.05, 3.63) is 94.4 Å². The summed E-state index contributed by atoms with van der Waals surface area (Å²) >= 11 is 0. The number of Topliss-reactive ketones (excluding diaryl/α,β-unsaturated/α-hetero) is 1. The second kappa shape index (κ2) is 7.95. The molecular formula is C29H22FNO5. The van der Waals surface area contributed by atoms with Gasteiger partial charge in [-0.25, -0.2) is 4.39 Å². The maximum Gasteiger partial charge on any atom is 0.238 e. The number of nitrogens with zero attached hydrogens (tertiary/aromatic N) is 1. The number of allylic oxidation sites excluding steroid dienone is 6. The summed E-state index contributed by atoms with van der Waals surface area (Å²) in [5.41, 5.74) is 2.09. The molecule has 2 amide bonds. The van der Waals surface area contributed by atoms with Gasteiger partial charge in [0.05, 0.1) is 17.5 Å². The van der Waals surface area contributed by atoms with Gasteiger partial charge in [-0.1, -0.05) is 42.0 Å². The van der Waals surface area contributed by atoms with Gasteiger partial charge in [-0.3, -0.25) is 24.1 Å². The third-order valence-electron chi connectivity index (χ3n) is 7.91. The van der Waals surface area contributed by atoms with Gasteiger partial charge in [-0.2, -0.15) is 0 Å². The Balaban J connectivity index is 1.52. The van der Waals surface area contributed by atoms with E-state index in [0.717, 1.165) is 6.07 Å². The molecule has 1 heterocycles. The molecule has 0 spiro atoms. The Bertz CT molecular complexity index is 1470. The van der Waals surface area contributed by atoms with E-state index in [4.69, 9.17) is 0 Å². The largest absolute Gasteiger partial charge is 0.505 e. The number of benzene rings is 2. The molecule has 7 heteroatoms. The molecule has 2 aromatic carbocycles. The second-order valence-corrected chi connectivity index (χ2v) is 9.75. The normalized spacial score (nSPS) is 27.4. The van der Waals surface area contributed by atoms with Gasteiger partial charge in [-0.15, -0.1) is 0 Å². The SMILES string of the molecule is CC1=CC(=O)C2=C(C1=O)[C@@H](c1cccc(F)c1O)C1=CC[C@@H]3C(=O)N(c4ccccc4)C(=O)[C@@H]3[C@@H]1C2. The Morgan fingerprint density at radius 3 is 2.44 bits per heavy atom. The van der Waals surface area contributed by atoms with Crippen molar-refractivity contribution in [3.63, 3.8) is 0 Å². The molecule has 1 saturated heterocycles. The Morgan fingerprint density at radius 1 is 0.944 bits per heavy atom. The lowest BCUT2D eigenvalue weighted by atomic mass is 9.59. The van der Waals surface area contributed by atoms with Gasteiger partial charge in [0.2, 0.25) is 11.8 Å². The monoisotopic (exact) mass is 483 g/mol. The van der Waals surface area contributed by atoms with Gasteiger partial charge in [0.15, 0.2) is 23.1 Å². The first-order valence-corrected chi connectivity index (χ1v) is 11.9. The quantitative estimate of drug-likeness (QED) is 0.393. The molecule has 0 radical (unpaired) electrons. The number of hydrogen-bond acceptors (Lipinski definition) is 5. The highest BCUT2D eigenvalue weighted by Gasteiger charge is 2.56. The van der Waals surface area contributed by atoms with Crippen LogP contribution < -0.4 is 4.90 Å². The van der Waals surface area contributed by atoms with E-state index < -0.39 is 35.2 Å². The minimum absolute atomic E-state index is 0.130. The highest BCUT2D eigenvalue weighted by molar-refractivity contribution is 6.25. The van der Waals surface area contributed by atoms with Crippen LogP contribution in [0, 0.1) is 23.6 Å². The summed E-state index contributed by atoms with van der Waals surface area (Å²) in [7, 11) is 0. The van der Waals surface area contributed by atoms with Crippen LogP contribution in [0.25, 0.3) is 0 Å². The number of phenols is 1. The molecule has 2 aromatic rings. The highest BCUT2D eigenvalue weighted by atomic mass is 19.1. The second-order valence-electron chi connectivity index (χ2n) is 9.75. The first-order chi connectivity index (χ1) is 17.3. The van der Waals surface area contributed by atoms with Crippen molar-refractivity contribution in [1.82, 2.24) is 0 Å². The summed E-state index contributed by atoms with van der Waals surface area (Å²) in [6.45, 7) is 1.56. The molecule has 0 aromatic heterocycles. The van der Waals surface area contributed by atoms with Crippen LogP contribution in [0.15, 0.2) is 83.0 Å². The first kappa shape index (κ1) is 22.3. The Labute approximate surface area is 206 Å². The van der Waals surface area contributed by atoms with Crippen molar-refractivity contribution < 1.29 is 28.7 Å². The predicted molar refractivity (Wildman–Crippen MR) is 128 cm³/mol. The van der Waals surface area contributed by atoms with Crippen molar-refractivity contribution >= 4 is 29.1 Å². The van der Waals surface area contributed by atoms with Crippen LogP contribution >= 0.6 is 0 Å². The van der Waals surface area contributed by atoms with E-state index in [9.17, 15) is 28.7 Å². The van der Waals surface area contributed by atoms with E-state index in [2.05, 4.69) is 0 Å². The maximum absolute atomic E-state index is 14.4. The summed E-state index contributed by atoms with van der Waals surface area (Å²) in [5, 5.41) is 10.7. The number of carbonyl (C=O) groups is 4. The number of carbonyl (C=O) groups excluding carboxylic acids is 4. The maximum atomic E-state index is 14.4.